The van der Waals surface area contributed by atoms with Gasteiger partial charge in [0.25, 0.3) is 0 Å². The van der Waals surface area contributed by atoms with Gasteiger partial charge in [-0.3, -0.25) is 4.90 Å². The maximum atomic E-state index is 15.0. The second kappa shape index (κ2) is 8.77. The number of amidine groups is 1. The van der Waals surface area contributed by atoms with E-state index in [9.17, 15) is 9.18 Å². The van der Waals surface area contributed by atoms with E-state index >= 15 is 0 Å². The third-order valence-corrected chi connectivity index (χ3v) is 5.41. The van der Waals surface area contributed by atoms with E-state index in [4.69, 9.17) is 14.1 Å². The topological polar surface area (TPSA) is 105 Å². The van der Waals surface area contributed by atoms with Crippen LogP contribution in [0.3, 0.4) is 0 Å². The molecule has 0 bridgehead atoms. The maximum absolute atomic E-state index is 15.0. The number of pyridine rings is 1. The lowest BCUT2D eigenvalue weighted by Gasteiger charge is -2.25. The standard InChI is InChI=1S/C22H21FN6O4/c1-14-27-31-9-8-28(14)20-5-2-15(11-24-20)18-4-3-16(10-19(18)23)29-13-17(32-22(29)30)12-25-21-6-7-26-33-21/h2-7,10-11,17,25H,8-9,12-13H2,1H3. The van der Waals surface area contributed by atoms with Crippen molar-refractivity contribution in [3.8, 4) is 11.1 Å². The number of hydrogen-bond acceptors (Lipinski definition) is 9. The Kier molecular flexibility index (Phi) is 5.51. The summed E-state index contributed by atoms with van der Waals surface area (Å²) in [5.74, 6) is 1.45. The van der Waals surface area contributed by atoms with Gasteiger partial charge < -0.3 is 24.3 Å². The molecule has 1 amide bonds. The second-order valence-corrected chi connectivity index (χ2v) is 7.57. The summed E-state index contributed by atoms with van der Waals surface area (Å²) in [5.41, 5.74) is 1.44. The van der Waals surface area contributed by atoms with E-state index in [0.717, 1.165) is 0 Å². The van der Waals surface area contributed by atoms with Crippen LogP contribution in [0.2, 0.25) is 0 Å². The summed E-state index contributed by atoms with van der Waals surface area (Å²) in [4.78, 5) is 25.2. The molecule has 1 saturated heterocycles. The Morgan fingerprint density at radius 1 is 1.21 bits per heavy atom. The fourth-order valence-electron chi connectivity index (χ4n) is 3.73. The van der Waals surface area contributed by atoms with E-state index in [-0.39, 0.29) is 6.54 Å². The first kappa shape index (κ1) is 20.7. The molecule has 1 aromatic carbocycles. The average molecular weight is 452 g/mol. The quantitative estimate of drug-likeness (QED) is 0.606. The third kappa shape index (κ3) is 4.29. The molecule has 3 aromatic rings. The number of halogens is 1. The SMILES string of the molecule is CC1=NOCCN1c1ccc(-c2ccc(N3CC(CNc4ccno4)OC3=O)cc2F)cn1. The van der Waals surface area contributed by atoms with Crippen LogP contribution in [0.4, 0.5) is 26.6 Å². The van der Waals surface area contributed by atoms with Gasteiger partial charge in [-0.1, -0.05) is 10.3 Å². The van der Waals surface area contributed by atoms with Crippen LogP contribution in [0.15, 0.2) is 58.5 Å². The molecule has 5 rings (SSSR count). The van der Waals surface area contributed by atoms with Gasteiger partial charge in [0.2, 0.25) is 5.88 Å². The highest BCUT2D eigenvalue weighted by molar-refractivity contribution is 5.95. The summed E-state index contributed by atoms with van der Waals surface area (Å²) in [6.45, 7) is 3.60. The molecule has 1 atom stereocenters. The number of carbonyl (C=O) groups is 1. The Morgan fingerprint density at radius 2 is 2.12 bits per heavy atom. The van der Waals surface area contributed by atoms with Crippen molar-refractivity contribution in [1.29, 1.82) is 0 Å². The third-order valence-electron chi connectivity index (χ3n) is 5.41. The van der Waals surface area contributed by atoms with Crippen molar-refractivity contribution < 1.29 is 23.3 Å². The van der Waals surface area contributed by atoms with Crippen molar-refractivity contribution in [1.82, 2.24) is 10.1 Å². The predicted octanol–water partition coefficient (Wildman–Crippen LogP) is 3.48. The molecule has 33 heavy (non-hydrogen) atoms. The Bertz CT molecular complexity index is 1170. The normalized spacial score (nSPS) is 18.1. The summed E-state index contributed by atoms with van der Waals surface area (Å²) in [6.07, 6.45) is 2.20. The molecule has 2 aromatic heterocycles. The van der Waals surface area contributed by atoms with Crippen molar-refractivity contribution in [3.63, 3.8) is 0 Å². The zero-order valence-electron chi connectivity index (χ0n) is 17.8. The number of cyclic esters (lactones) is 1. The van der Waals surface area contributed by atoms with Crippen LogP contribution in [0, 0.1) is 5.82 Å². The minimum absolute atomic E-state index is 0.287. The van der Waals surface area contributed by atoms with Crippen molar-refractivity contribution >= 4 is 29.3 Å². The largest absolute Gasteiger partial charge is 0.442 e. The molecule has 2 aliphatic heterocycles. The number of hydrogen-bond donors (Lipinski definition) is 1. The maximum Gasteiger partial charge on any atom is 0.414 e. The summed E-state index contributed by atoms with van der Waals surface area (Å²) < 4.78 is 25.3. The van der Waals surface area contributed by atoms with Gasteiger partial charge in [0.05, 0.1) is 31.5 Å². The average Bonchev–Trinajstić information content (AvgIpc) is 3.48. The first-order chi connectivity index (χ1) is 16.1. The number of aromatic nitrogens is 2. The summed E-state index contributed by atoms with van der Waals surface area (Å²) in [6, 6.07) is 9.94. The minimum atomic E-state index is -0.528. The van der Waals surface area contributed by atoms with Crippen LogP contribution < -0.4 is 15.1 Å². The Balaban J connectivity index is 1.28. The summed E-state index contributed by atoms with van der Waals surface area (Å²) >= 11 is 0. The molecule has 2 aliphatic rings. The van der Waals surface area contributed by atoms with Crippen LogP contribution in [0.25, 0.3) is 11.1 Å². The lowest BCUT2D eigenvalue weighted by Crippen LogP contribution is -2.36. The van der Waals surface area contributed by atoms with E-state index in [1.807, 2.05) is 17.9 Å². The lowest BCUT2D eigenvalue weighted by molar-refractivity contribution is 0.142. The van der Waals surface area contributed by atoms with Gasteiger partial charge in [-0.15, -0.1) is 0 Å². The monoisotopic (exact) mass is 452 g/mol. The fourth-order valence-corrected chi connectivity index (χ4v) is 3.73. The van der Waals surface area contributed by atoms with E-state index in [2.05, 4.69) is 20.6 Å². The number of nitrogens with zero attached hydrogens (tertiary/aromatic N) is 5. The molecule has 4 heterocycles. The van der Waals surface area contributed by atoms with E-state index in [1.165, 1.54) is 17.2 Å². The highest BCUT2D eigenvalue weighted by Crippen LogP contribution is 2.30. The molecule has 0 aliphatic carbocycles. The Labute approximate surface area is 188 Å². The van der Waals surface area contributed by atoms with Crippen molar-refractivity contribution in [3.05, 3.63) is 54.6 Å². The van der Waals surface area contributed by atoms with E-state index in [0.29, 0.717) is 54.0 Å². The molecular weight excluding hydrogens is 431 g/mol. The molecule has 0 spiro atoms. The smallest absolute Gasteiger partial charge is 0.414 e. The molecule has 1 unspecified atom stereocenters. The second-order valence-electron chi connectivity index (χ2n) is 7.57. The van der Waals surface area contributed by atoms with Crippen molar-refractivity contribution in [2.24, 2.45) is 5.16 Å². The molecule has 10 nitrogen and oxygen atoms in total. The molecule has 170 valence electrons. The van der Waals surface area contributed by atoms with Gasteiger partial charge in [0.15, 0.2) is 0 Å². The van der Waals surface area contributed by atoms with Crippen LogP contribution in [-0.2, 0) is 9.57 Å². The molecule has 0 radical (unpaired) electrons. The van der Waals surface area contributed by atoms with Gasteiger partial charge in [-0.2, -0.15) is 0 Å². The van der Waals surface area contributed by atoms with Gasteiger partial charge in [-0.25, -0.2) is 14.2 Å². The Hall–Kier alpha value is -4.15. The fraction of sp³-hybridized carbons (Fsp3) is 0.273. The number of ether oxygens (including phenoxy) is 1. The zero-order valence-corrected chi connectivity index (χ0v) is 17.8. The van der Waals surface area contributed by atoms with Gasteiger partial charge in [-0.05, 0) is 37.3 Å². The molecule has 11 heteroatoms. The minimum Gasteiger partial charge on any atom is -0.442 e. The molecule has 1 fully saturated rings. The van der Waals surface area contributed by atoms with Gasteiger partial charge in [0.1, 0.15) is 30.2 Å². The number of rotatable bonds is 6. The highest BCUT2D eigenvalue weighted by Gasteiger charge is 2.32. The number of anilines is 3. The van der Waals surface area contributed by atoms with E-state index in [1.54, 1.807) is 30.5 Å². The number of oxime groups is 1. The van der Waals surface area contributed by atoms with Gasteiger partial charge >= 0.3 is 6.09 Å². The number of amides is 1. The molecular formula is C22H21FN6O4. The van der Waals surface area contributed by atoms with Crippen LogP contribution in [0.1, 0.15) is 6.92 Å². The summed E-state index contributed by atoms with van der Waals surface area (Å²) in [7, 11) is 0. The zero-order chi connectivity index (χ0) is 22.8. The van der Waals surface area contributed by atoms with Crippen molar-refractivity contribution in [2.75, 3.05) is 41.4 Å². The molecule has 0 saturated carbocycles. The van der Waals surface area contributed by atoms with Gasteiger partial charge in [0, 0.05) is 23.4 Å². The highest BCUT2D eigenvalue weighted by atomic mass is 19.1. The number of carbonyl (C=O) groups excluding carboxylic acids is 1. The van der Waals surface area contributed by atoms with Crippen LogP contribution in [-0.4, -0.2) is 54.4 Å². The number of nitrogens with one attached hydrogen (secondary N) is 1. The number of benzene rings is 1. The lowest BCUT2D eigenvalue weighted by atomic mass is 10.1. The Morgan fingerprint density at radius 3 is 2.85 bits per heavy atom. The van der Waals surface area contributed by atoms with Crippen LogP contribution >= 0.6 is 0 Å². The van der Waals surface area contributed by atoms with Crippen molar-refractivity contribution in [2.45, 2.75) is 13.0 Å². The summed E-state index contributed by atoms with van der Waals surface area (Å²) in [5, 5.41) is 10.6. The first-order valence-electron chi connectivity index (χ1n) is 10.4. The van der Waals surface area contributed by atoms with Crippen LogP contribution in [0.5, 0.6) is 0 Å². The van der Waals surface area contributed by atoms with E-state index < -0.39 is 18.0 Å². The predicted molar refractivity (Wildman–Crippen MR) is 119 cm³/mol. The first-order valence-corrected chi connectivity index (χ1v) is 10.4. The molecule has 1 N–H and O–H groups in total.